The summed E-state index contributed by atoms with van der Waals surface area (Å²) in [6, 6.07) is 115. The third-order valence-corrected chi connectivity index (χ3v) is 19.9. The summed E-state index contributed by atoms with van der Waals surface area (Å²) in [7, 11) is 0. The lowest BCUT2D eigenvalue weighted by atomic mass is 10.0. The summed E-state index contributed by atoms with van der Waals surface area (Å²) < 4.78 is 17.5. The predicted octanol–water partition coefficient (Wildman–Crippen LogP) is 21.7. The number of para-hydroxylation sites is 13. The van der Waals surface area contributed by atoms with Crippen LogP contribution in [0.25, 0.3) is 181 Å². The Labute approximate surface area is 519 Å². The molecule has 0 bridgehead atoms. The van der Waals surface area contributed by atoms with Crippen LogP contribution in [0.15, 0.2) is 309 Å². The fraction of sp³-hybridized carbons (Fsp3) is 0. The third kappa shape index (κ3) is 6.50. The zero-order chi connectivity index (χ0) is 59.2. The second-order valence-corrected chi connectivity index (χ2v) is 24.4. The summed E-state index contributed by atoms with van der Waals surface area (Å²) in [5, 5.41) is 12.1. The molecular formula is C84H51N7. The number of fused-ring (bicyclic) bond motifs is 21. The number of rotatable bonds is 4. The van der Waals surface area contributed by atoms with Crippen molar-refractivity contribution >= 4 is 153 Å². The summed E-state index contributed by atoms with van der Waals surface area (Å²) in [4.78, 5) is 0. The average Bonchev–Trinajstić information content (AvgIpc) is 1.56. The van der Waals surface area contributed by atoms with E-state index in [1.165, 1.54) is 75.9 Å². The smallest absolute Gasteiger partial charge is 0.0783 e. The molecule has 91 heavy (non-hydrogen) atoms. The van der Waals surface area contributed by atoms with Gasteiger partial charge in [0, 0.05) is 70.9 Å². The third-order valence-electron chi connectivity index (χ3n) is 19.9. The standard InChI is InChI=1S/C84H51N7/c1-2-20-54(21-3-1)86-72-34-12-14-36-74(72)88-69-32-10-6-24-59(69)63-27-17-40-78(82(63)88)90-71-49-43-52(50-66(71)65-29-19-39-77(86)84(65)90)53-42-48-61-64-28-18-41-79-83(64)91(80(61)51-53)75-37-15-13-35-73(75)87(76-38-16-26-62-60-25-7-11-33-70(60)89(79)81(62)76)56-46-44-55(45-47-56)85-67-30-8-4-22-57(67)58-23-5-9-31-68(58)85/h1-51H. The largest absolute Gasteiger partial charge is 0.309 e. The highest BCUT2D eigenvalue weighted by atomic mass is 15.1. The van der Waals surface area contributed by atoms with Crippen molar-refractivity contribution in [3.8, 4) is 28.2 Å². The molecule has 0 aliphatic carbocycles. The molecule has 7 heterocycles. The molecule has 0 unspecified atom stereocenters. The first-order valence-electron chi connectivity index (χ1n) is 31.3. The fourth-order valence-electron chi connectivity index (χ4n) is 16.2. The molecule has 0 radical (unpaired) electrons. The molecule has 422 valence electrons. The maximum absolute atomic E-state index is 2.57. The second-order valence-electron chi connectivity index (χ2n) is 24.4. The molecule has 7 heteroatoms. The van der Waals surface area contributed by atoms with Crippen LogP contribution in [-0.4, -0.2) is 31.3 Å². The van der Waals surface area contributed by atoms with Crippen LogP contribution >= 0.6 is 0 Å². The van der Waals surface area contributed by atoms with Gasteiger partial charge in [0.05, 0.1) is 99.3 Å². The summed E-state index contributed by atoms with van der Waals surface area (Å²) >= 11 is 0. The zero-order valence-electron chi connectivity index (χ0n) is 49.1. The van der Waals surface area contributed by atoms with E-state index in [0.717, 1.165) is 105 Å². The monoisotopic (exact) mass is 1160 g/mol. The van der Waals surface area contributed by atoms with Gasteiger partial charge in [0.15, 0.2) is 0 Å². The lowest BCUT2D eigenvalue weighted by molar-refractivity contribution is 1.13. The van der Waals surface area contributed by atoms with Gasteiger partial charge in [-0.2, -0.15) is 0 Å². The lowest BCUT2D eigenvalue weighted by Crippen LogP contribution is -2.00. The molecule has 0 fully saturated rings. The van der Waals surface area contributed by atoms with Gasteiger partial charge in [-0.15, -0.1) is 0 Å². The Morgan fingerprint density at radius 3 is 0.945 bits per heavy atom. The molecular weight excluding hydrogens is 1110 g/mol. The van der Waals surface area contributed by atoms with Crippen molar-refractivity contribution < 1.29 is 0 Å². The van der Waals surface area contributed by atoms with Gasteiger partial charge in [-0.05, 0) is 139 Å². The first kappa shape index (κ1) is 48.8. The number of benzene rings is 14. The molecule has 0 aliphatic heterocycles. The van der Waals surface area contributed by atoms with E-state index in [4.69, 9.17) is 0 Å². The molecule has 7 aromatic heterocycles. The normalized spacial score (nSPS) is 12.4. The Hall–Kier alpha value is -12.3. The molecule has 0 spiro atoms. The van der Waals surface area contributed by atoms with Crippen LogP contribution in [0, 0.1) is 0 Å². The van der Waals surface area contributed by atoms with Crippen LogP contribution in [0.5, 0.6) is 0 Å². The van der Waals surface area contributed by atoms with Crippen molar-refractivity contribution in [2.45, 2.75) is 0 Å². The molecule has 14 aromatic carbocycles. The second kappa shape index (κ2) is 18.1. The minimum absolute atomic E-state index is 1.07. The molecule has 0 N–H and O–H groups in total. The van der Waals surface area contributed by atoms with E-state index in [2.05, 4.69) is 341 Å². The molecule has 0 aliphatic rings. The number of hydrogen-bond donors (Lipinski definition) is 0. The van der Waals surface area contributed by atoms with Crippen molar-refractivity contribution in [2.75, 3.05) is 0 Å². The molecule has 21 aromatic rings. The molecule has 0 atom stereocenters. The van der Waals surface area contributed by atoms with E-state index in [1.807, 2.05) is 0 Å². The lowest BCUT2D eigenvalue weighted by Gasteiger charge is -2.15. The summed E-state index contributed by atoms with van der Waals surface area (Å²) in [5.41, 5.74) is 26.1. The Balaban J connectivity index is 0.868. The van der Waals surface area contributed by atoms with Crippen molar-refractivity contribution in [3.05, 3.63) is 309 Å². The molecule has 21 rings (SSSR count). The molecule has 7 nitrogen and oxygen atoms in total. The maximum Gasteiger partial charge on any atom is 0.0783 e. The molecule has 0 amide bonds. The van der Waals surface area contributed by atoms with E-state index in [1.54, 1.807) is 0 Å². The topological polar surface area (TPSA) is 32.4 Å². The van der Waals surface area contributed by atoms with E-state index >= 15 is 0 Å². The summed E-state index contributed by atoms with van der Waals surface area (Å²) in [6.07, 6.45) is 0. The van der Waals surface area contributed by atoms with E-state index in [9.17, 15) is 0 Å². The zero-order valence-corrected chi connectivity index (χ0v) is 49.1. The van der Waals surface area contributed by atoms with Crippen molar-refractivity contribution in [1.29, 1.82) is 0 Å². The van der Waals surface area contributed by atoms with Gasteiger partial charge in [0.25, 0.3) is 0 Å². The Bertz CT molecular complexity index is 6760. The van der Waals surface area contributed by atoms with Crippen LogP contribution in [0.1, 0.15) is 0 Å². The van der Waals surface area contributed by atoms with Crippen LogP contribution in [0.4, 0.5) is 0 Å². The van der Waals surface area contributed by atoms with Crippen LogP contribution in [0.3, 0.4) is 0 Å². The first-order valence-corrected chi connectivity index (χ1v) is 31.3. The van der Waals surface area contributed by atoms with Crippen molar-refractivity contribution in [1.82, 2.24) is 31.3 Å². The highest BCUT2D eigenvalue weighted by Gasteiger charge is 2.24. The van der Waals surface area contributed by atoms with Gasteiger partial charge >= 0.3 is 0 Å². The van der Waals surface area contributed by atoms with Crippen LogP contribution in [0.2, 0.25) is 0 Å². The number of aromatic nitrogens is 7. The Kier molecular flexibility index (Phi) is 9.72. The van der Waals surface area contributed by atoms with Crippen LogP contribution in [-0.2, 0) is 0 Å². The highest BCUT2D eigenvalue weighted by Crippen LogP contribution is 2.44. The van der Waals surface area contributed by atoms with Gasteiger partial charge in [0.1, 0.15) is 0 Å². The van der Waals surface area contributed by atoms with Crippen molar-refractivity contribution in [3.63, 3.8) is 0 Å². The van der Waals surface area contributed by atoms with Gasteiger partial charge in [-0.1, -0.05) is 182 Å². The van der Waals surface area contributed by atoms with E-state index < -0.39 is 0 Å². The van der Waals surface area contributed by atoms with Gasteiger partial charge in [0.2, 0.25) is 0 Å². The average molecular weight is 1160 g/mol. The van der Waals surface area contributed by atoms with Gasteiger partial charge in [-0.3, -0.25) is 0 Å². The number of nitrogens with zero attached hydrogens (tertiary/aromatic N) is 7. The van der Waals surface area contributed by atoms with Gasteiger partial charge < -0.3 is 31.3 Å². The SMILES string of the molecule is c1ccc(-n2c3ccccc3n3c4ccccc4c4cccc(c43)n3c4ccc(-c5ccc6c7cccc8c7n(c6c5)c5ccccc5n(-c5ccc(-n6c7ccccc7c7ccccc76)cc5)c5cccc6c7ccccc7n8c65)cc4c4cccc2c43)cc1. The number of hydrogen-bond acceptors (Lipinski definition) is 0. The van der Waals surface area contributed by atoms with Crippen LogP contribution < -0.4 is 0 Å². The summed E-state index contributed by atoms with van der Waals surface area (Å²) in [5.74, 6) is 0. The first-order chi connectivity index (χ1) is 45.2. The maximum atomic E-state index is 2.57. The quantitative estimate of drug-likeness (QED) is 0.168. The van der Waals surface area contributed by atoms with Gasteiger partial charge in [-0.25, -0.2) is 0 Å². The Morgan fingerprint density at radius 1 is 0.143 bits per heavy atom. The van der Waals surface area contributed by atoms with E-state index in [0.29, 0.717) is 0 Å². The predicted molar refractivity (Wildman–Crippen MR) is 381 cm³/mol. The Morgan fingerprint density at radius 2 is 0.440 bits per heavy atom. The molecule has 0 saturated carbocycles. The minimum atomic E-state index is 1.07. The molecule has 0 saturated heterocycles. The fourth-order valence-corrected chi connectivity index (χ4v) is 16.2. The highest BCUT2D eigenvalue weighted by molar-refractivity contribution is 6.22. The minimum Gasteiger partial charge on any atom is -0.309 e. The van der Waals surface area contributed by atoms with Crippen molar-refractivity contribution in [2.24, 2.45) is 0 Å². The van der Waals surface area contributed by atoms with E-state index in [-0.39, 0.29) is 0 Å². The summed E-state index contributed by atoms with van der Waals surface area (Å²) in [6.45, 7) is 0.